The fourth-order valence-corrected chi connectivity index (χ4v) is 3.97. The van der Waals surface area contributed by atoms with E-state index in [0.29, 0.717) is 17.5 Å². The molecule has 126 valence electrons. The van der Waals surface area contributed by atoms with Crippen molar-refractivity contribution in [2.45, 2.75) is 18.1 Å². The Labute approximate surface area is 152 Å². The van der Waals surface area contributed by atoms with E-state index in [4.69, 9.17) is 4.42 Å². The Bertz CT molecular complexity index is 989. The maximum atomic E-state index is 11.9. The molecule has 0 saturated carbocycles. The fourth-order valence-electron chi connectivity index (χ4n) is 2.58. The Morgan fingerprint density at radius 2 is 2.12 bits per heavy atom. The highest BCUT2D eigenvalue weighted by molar-refractivity contribution is 7.99. The Morgan fingerprint density at radius 3 is 3.00 bits per heavy atom. The first-order valence-electron chi connectivity index (χ1n) is 7.91. The number of H-pyrrole nitrogens is 1. The first-order chi connectivity index (χ1) is 12.3. The van der Waals surface area contributed by atoms with Crippen LogP contribution in [0.15, 0.2) is 57.6 Å². The summed E-state index contributed by atoms with van der Waals surface area (Å²) in [5.41, 5.74) is 1.94. The standard InChI is InChI=1S/C18H15N3O2S2/c22-15(16-8-4-9-24-16)7-3-10-25-18-21-20-17(23-18)13-11-19-14-6-2-1-5-12(13)14/h1-2,4-6,8-9,11,19H,3,7,10H2. The zero-order chi connectivity index (χ0) is 17.1. The second-order valence-electron chi connectivity index (χ2n) is 5.47. The van der Waals surface area contributed by atoms with Gasteiger partial charge in [0, 0.05) is 29.3 Å². The lowest BCUT2D eigenvalue weighted by Gasteiger charge is -1.97. The molecular formula is C18H15N3O2S2. The van der Waals surface area contributed by atoms with Crippen LogP contribution in [-0.4, -0.2) is 26.7 Å². The Kier molecular flexibility index (Phi) is 4.67. The van der Waals surface area contributed by atoms with Crippen molar-refractivity contribution in [1.82, 2.24) is 15.2 Å². The van der Waals surface area contributed by atoms with Gasteiger partial charge in [0.2, 0.25) is 0 Å². The van der Waals surface area contributed by atoms with Gasteiger partial charge in [-0.2, -0.15) is 0 Å². The maximum absolute atomic E-state index is 11.9. The molecule has 0 unspecified atom stereocenters. The van der Waals surface area contributed by atoms with Crippen LogP contribution in [0.2, 0.25) is 0 Å². The van der Waals surface area contributed by atoms with E-state index in [0.717, 1.165) is 33.5 Å². The number of hydrogen-bond donors (Lipinski definition) is 1. The van der Waals surface area contributed by atoms with Crippen molar-refractivity contribution in [3.05, 3.63) is 52.9 Å². The number of nitrogens with zero attached hydrogens (tertiary/aromatic N) is 2. The highest BCUT2D eigenvalue weighted by Crippen LogP contribution is 2.29. The number of carbonyl (C=O) groups excluding carboxylic acids is 1. The smallest absolute Gasteiger partial charge is 0.276 e. The van der Waals surface area contributed by atoms with Crippen molar-refractivity contribution in [3.8, 4) is 11.5 Å². The molecule has 0 aliphatic rings. The zero-order valence-electron chi connectivity index (χ0n) is 13.3. The molecular weight excluding hydrogens is 354 g/mol. The molecule has 0 spiro atoms. The van der Waals surface area contributed by atoms with Crippen LogP contribution in [0.25, 0.3) is 22.4 Å². The lowest BCUT2D eigenvalue weighted by molar-refractivity contribution is 0.0986. The molecule has 25 heavy (non-hydrogen) atoms. The van der Waals surface area contributed by atoms with E-state index in [1.54, 1.807) is 0 Å². The predicted molar refractivity (Wildman–Crippen MR) is 100 cm³/mol. The van der Waals surface area contributed by atoms with Gasteiger partial charge in [-0.05, 0) is 23.9 Å². The van der Waals surface area contributed by atoms with Crippen LogP contribution in [0.3, 0.4) is 0 Å². The number of ketones is 1. The summed E-state index contributed by atoms with van der Waals surface area (Å²) in [5, 5.41) is 11.7. The second-order valence-corrected chi connectivity index (χ2v) is 7.47. The zero-order valence-corrected chi connectivity index (χ0v) is 14.9. The molecule has 0 fully saturated rings. The van der Waals surface area contributed by atoms with Crippen LogP contribution >= 0.6 is 23.1 Å². The van der Waals surface area contributed by atoms with Crippen molar-refractivity contribution in [1.29, 1.82) is 0 Å². The highest BCUT2D eigenvalue weighted by Gasteiger charge is 2.13. The number of aromatic nitrogens is 3. The lowest BCUT2D eigenvalue weighted by atomic mass is 10.2. The summed E-state index contributed by atoms with van der Waals surface area (Å²) >= 11 is 2.97. The van der Waals surface area contributed by atoms with Crippen LogP contribution < -0.4 is 0 Å². The van der Waals surface area contributed by atoms with Crippen molar-refractivity contribution < 1.29 is 9.21 Å². The Balaban J connectivity index is 1.35. The van der Waals surface area contributed by atoms with E-state index >= 15 is 0 Å². The molecule has 4 aromatic rings. The minimum absolute atomic E-state index is 0.195. The quantitative estimate of drug-likeness (QED) is 0.281. The average molecular weight is 369 g/mol. The van der Waals surface area contributed by atoms with E-state index in [1.807, 2.05) is 48.0 Å². The molecule has 4 rings (SSSR count). The van der Waals surface area contributed by atoms with Crippen LogP contribution in [0.1, 0.15) is 22.5 Å². The number of aromatic amines is 1. The van der Waals surface area contributed by atoms with Crippen LogP contribution in [0.5, 0.6) is 0 Å². The third-order valence-corrected chi connectivity index (χ3v) is 5.61. The normalized spacial score (nSPS) is 11.2. The van der Waals surface area contributed by atoms with Crippen LogP contribution in [0.4, 0.5) is 0 Å². The number of nitrogens with one attached hydrogen (secondary N) is 1. The molecule has 3 aromatic heterocycles. The van der Waals surface area contributed by atoms with Gasteiger partial charge >= 0.3 is 0 Å². The van der Waals surface area contributed by atoms with Gasteiger partial charge in [-0.1, -0.05) is 36.0 Å². The molecule has 7 heteroatoms. The van der Waals surface area contributed by atoms with E-state index < -0.39 is 0 Å². The minimum Gasteiger partial charge on any atom is -0.411 e. The number of thiophene rings is 1. The third-order valence-electron chi connectivity index (χ3n) is 3.80. The van der Waals surface area contributed by atoms with Gasteiger partial charge in [0.15, 0.2) is 5.78 Å². The molecule has 0 amide bonds. The van der Waals surface area contributed by atoms with Gasteiger partial charge in [0.25, 0.3) is 11.1 Å². The number of rotatable bonds is 7. The van der Waals surface area contributed by atoms with Crippen molar-refractivity contribution in [2.75, 3.05) is 5.75 Å². The predicted octanol–water partition coefficient (Wildman–Crippen LogP) is 5.03. The molecule has 0 bridgehead atoms. The van der Waals surface area contributed by atoms with Crippen molar-refractivity contribution in [3.63, 3.8) is 0 Å². The number of benzene rings is 1. The molecule has 0 radical (unpaired) electrons. The largest absolute Gasteiger partial charge is 0.411 e. The number of fused-ring (bicyclic) bond motifs is 1. The molecule has 1 aromatic carbocycles. The van der Waals surface area contributed by atoms with Crippen LogP contribution in [0, 0.1) is 0 Å². The summed E-state index contributed by atoms with van der Waals surface area (Å²) in [4.78, 5) is 16.0. The summed E-state index contributed by atoms with van der Waals surface area (Å²) < 4.78 is 5.75. The first kappa shape index (κ1) is 16.1. The molecule has 0 atom stereocenters. The highest BCUT2D eigenvalue weighted by atomic mass is 32.2. The number of thioether (sulfide) groups is 1. The summed E-state index contributed by atoms with van der Waals surface area (Å²) in [6.07, 6.45) is 3.20. The monoisotopic (exact) mass is 369 g/mol. The van der Waals surface area contributed by atoms with Crippen LogP contribution in [-0.2, 0) is 0 Å². The SMILES string of the molecule is O=C(CCCSc1nnc(-c2c[nH]c3ccccc23)o1)c1cccs1. The molecule has 1 N–H and O–H groups in total. The van der Waals surface area contributed by atoms with E-state index in [-0.39, 0.29) is 5.78 Å². The maximum Gasteiger partial charge on any atom is 0.276 e. The molecule has 0 aliphatic heterocycles. The minimum atomic E-state index is 0.195. The lowest BCUT2D eigenvalue weighted by Crippen LogP contribution is -1.96. The van der Waals surface area contributed by atoms with Gasteiger partial charge in [-0.3, -0.25) is 4.79 Å². The summed E-state index contributed by atoms with van der Waals surface area (Å²) in [7, 11) is 0. The van der Waals surface area contributed by atoms with Gasteiger partial charge in [-0.15, -0.1) is 21.5 Å². The van der Waals surface area contributed by atoms with Gasteiger partial charge in [0.1, 0.15) is 0 Å². The van der Waals surface area contributed by atoms with Crippen molar-refractivity contribution in [2.24, 2.45) is 0 Å². The second kappa shape index (κ2) is 7.25. The summed E-state index contributed by atoms with van der Waals surface area (Å²) in [6.45, 7) is 0. The topological polar surface area (TPSA) is 71.8 Å². The number of carbonyl (C=O) groups is 1. The molecule has 0 saturated heterocycles. The van der Waals surface area contributed by atoms with Gasteiger partial charge < -0.3 is 9.40 Å². The Morgan fingerprint density at radius 1 is 1.20 bits per heavy atom. The number of Topliss-reactive ketones (excluding diaryl/α,β-unsaturated/α-hetero) is 1. The average Bonchev–Trinajstić information content (AvgIpc) is 3.38. The number of hydrogen-bond acceptors (Lipinski definition) is 6. The Hall–Kier alpha value is -2.38. The summed E-state index contributed by atoms with van der Waals surface area (Å²) in [5.74, 6) is 1.47. The van der Waals surface area contributed by atoms with E-state index in [9.17, 15) is 4.79 Å². The van der Waals surface area contributed by atoms with Gasteiger partial charge in [-0.25, -0.2) is 0 Å². The van der Waals surface area contributed by atoms with E-state index in [1.165, 1.54) is 23.1 Å². The molecule has 3 heterocycles. The first-order valence-corrected chi connectivity index (χ1v) is 9.77. The third kappa shape index (κ3) is 3.52. The number of para-hydroxylation sites is 1. The molecule has 0 aliphatic carbocycles. The van der Waals surface area contributed by atoms with E-state index in [2.05, 4.69) is 15.2 Å². The van der Waals surface area contributed by atoms with Gasteiger partial charge in [0.05, 0.1) is 10.4 Å². The fraction of sp³-hybridized carbons (Fsp3) is 0.167. The van der Waals surface area contributed by atoms with Crippen molar-refractivity contribution >= 4 is 39.8 Å². The molecule has 5 nitrogen and oxygen atoms in total. The summed E-state index contributed by atoms with van der Waals surface area (Å²) in [6, 6.07) is 11.8.